The maximum atomic E-state index is 13.1. The van der Waals surface area contributed by atoms with Crippen molar-refractivity contribution in [3.8, 4) is 0 Å². The molecule has 0 aliphatic rings. The van der Waals surface area contributed by atoms with E-state index in [9.17, 15) is 4.39 Å². The summed E-state index contributed by atoms with van der Waals surface area (Å²) >= 11 is 1.67. The first-order valence-electron chi connectivity index (χ1n) is 4.15. The van der Waals surface area contributed by atoms with Gasteiger partial charge >= 0.3 is 0 Å². The first-order valence-corrected chi connectivity index (χ1v) is 5.55. The van der Waals surface area contributed by atoms with E-state index in [4.69, 9.17) is 5.73 Å². The molecular weight excluding hydrogens is 185 g/mol. The molecule has 0 amide bonds. The Kier molecular flexibility index (Phi) is 3.75. The summed E-state index contributed by atoms with van der Waals surface area (Å²) in [5, 5.41) is 0. The molecule has 0 radical (unpaired) electrons. The lowest BCUT2D eigenvalue weighted by Gasteiger charge is -2.10. The molecule has 0 aromatic heterocycles. The summed E-state index contributed by atoms with van der Waals surface area (Å²) in [5.41, 5.74) is 7.38. The third kappa shape index (κ3) is 2.71. The number of hydrogen-bond acceptors (Lipinski definition) is 2. The molecule has 2 N–H and O–H groups in total. The molecule has 1 unspecified atom stereocenters. The van der Waals surface area contributed by atoms with Crippen LogP contribution in [0, 0.1) is 12.7 Å². The van der Waals surface area contributed by atoms with Gasteiger partial charge in [-0.1, -0.05) is 12.1 Å². The third-order valence-electron chi connectivity index (χ3n) is 1.97. The van der Waals surface area contributed by atoms with Crippen LogP contribution in [0.1, 0.15) is 17.2 Å². The van der Waals surface area contributed by atoms with Crippen LogP contribution in [0.5, 0.6) is 0 Å². The Balaban J connectivity index is 2.84. The first kappa shape index (κ1) is 10.5. The van der Waals surface area contributed by atoms with Gasteiger partial charge in [0.05, 0.1) is 0 Å². The average molecular weight is 199 g/mol. The van der Waals surface area contributed by atoms with Crippen molar-refractivity contribution in [2.24, 2.45) is 5.73 Å². The molecule has 0 spiro atoms. The van der Waals surface area contributed by atoms with Crippen LogP contribution in [0.4, 0.5) is 4.39 Å². The molecule has 1 atom stereocenters. The van der Waals surface area contributed by atoms with Crippen molar-refractivity contribution in [2.75, 3.05) is 12.0 Å². The van der Waals surface area contributed by atoms with Gasteiger partial charge in [-0.25, -0.2) is 4.39 Å². The van der Waals surface area contributed by atoms with Gasteiger partial charge in [-0.2, -0.15) is 11.8 Å². The van der Waals surface area contributed by atoms with Gasteiger partial charge in [0.2, 0.25) is 0 Å². The van der Waals surface area contributed by atoms with Crippen molar-refractivity contribution in [1.29, 1.82) is 0 Å². The molecule has 0 fully saturated rings. The van der Waals surface area contributed by atoms with E-state index in [0.29, 0.717) is 5.56 Å². The summed E-state index contributed by atoms with van der Waals surface area (Å²) in [6, 6.07) is 5.12. The predicted molar refractivity (Wildman–Crippen MR) is 56.4 cm³/mol. The Labute approximate surface area is 82.5 Å². The van der Waals surface area contributed by atoms with Crippen molar-refractivity contribution in [3.05, 3.63) is 35.1 Å². The van der Waals surface area contributed by atoms with Crippen LogP contribution in [-0.2, 0) is 0 Å². The highest BCUT2D eigenvalue weighted by Gasteiger charge is 2.06. The molecule has 3 heteroatoms. The monoisotopic (exact) mass is 199 g/mol. The second kappa shape index (κ2) is 4.63. The highest BCUT2D eigenvalue weighted by Crippen LogP contribution is 2.17. The molecule has 1 aromatic carbocycles. The van der Waals surface area contributed by atoms with Crippen LogP contribution in [0.3, 0.4) is 0 Å². The van der Waals surface area contributed by atoms with E-state index in [1.165, 1.54) is 6.07 Å². The molecule has 1 aromatic rings. The normalized spacial score (nSPS) is 12.9. The number of hydrogen-bond donors (Lipinski definition) is 1. The lowest BCUT2D eigenvalue weighted by atomic mass is 10.1. The lowest BCUT2D eigenvalue weighted by Crippen LogP contribution is -2.13. The average Bonchev–Trinajstić information content (AvgIpc) is 2.10. The van der Waals surface area contributed by atoms with E-state index in [2.05, 4.69) is 0 Å². The second-order valence-electron chi connectivity index (χ2n) is 3.07. The molecule has 72 valence electrons. The van der Waals surface area contributed by atoms with E-state index < -0.39 is 0 Å². The Morgan fingerprint density at radius 2 is 2.23 bits per heavy atom. The summed E-state index contributed by atoms with van der Waals surface area (Å²) in [4.78, 5) is 0. The van der Waals surface area contributed by atoms with Gasteiger partial charge in [-0.3, -0.25) is 0 Å². The van der Waals surface area contributed by atoms with Gasteiger partial charge in [0.15, 0.2) is 0 Å². The zero-order valence-corrected chi connectivity index (χ0v) is 8.70. The third-order valence-corrected chi connectivity index (χ3v) is 2.66. The standard InChI is InChI=1S/C10H14FNS/c1-7-3-4-8(5-9(7)11)10(12)6-13-2/h3-5,10H,6,12H2,1-2H3. The minimum atomic E-state index is -0.172. The Hall–Kier alpha value is -0.540. The molecule has 1 nitrogen and oxygen atoms in total. The molecule has 1 rings (SSSR count). The van der Waals surface area contributed by atoms with Crippen LogP contribution in [0.15, 0.2) is 18.2 Å². The SMILES string of the molecule is CSCC(N)c1ccc(C)c(F)c1. The minimum absolute atomic E-state index is 0.0647. The summed E-state index contributed by atoms with van der Waals surface area (Å²) in [6.45, 7) is 1.75. The maximum absolute atomic E-state index is 13.1. The summed E-state index contributed by atoms with van der Waals surface area (Å²) < 4.78 is 13.1. The fourth-order valence-corrected chi connectivity index (χ4v) is 1.67. The van der Waals surface area contributed by atoms with E-state index in [1.807, 2.05) is 12.3 Å². The molecule has 0 saturated heterocycles. The van der Waals surface area contributed by atoms with E-state index in [0.717, 1.165) is 11.3 Å². The Bertz CT molecular complexity index is 288. The molecule has 0 heterocycles. The molecule has 0 saturated carbocycles. The number of aryl methyl sites for hydroxylation is 1. The predicted octanol–water partition coefficient (Wildman–Crippen LogP) is 2.50. The van der Waals surface area contributed by atoms with Gasteiger partial charge < -0.3 is 5.73 Å². The van der Waals surface area contributed by atoms with E-state index in [1.54, 1.807) is 24.8 Å². The van der Waals surface area contributed by atoms with Crippen molar-refractivity contribution < 1.29 is 4.39 Å². The minimum Gasteiger partial charge on any atom is -0.323 e. The van der Waals surface area contributed by atoms with Crippen molar-refractivity contribution in [3.63, 3.8) is 0 Å². The van der Waals surface area contributed by atoms with Gasteiger partial charge in [0.25, 0.3) is 0 Å². The fourth-order valence-electron chi connectivity index (χ4n) is 1.12. The lowest BCUT2D eigenvalue weighted by molar-refractivity contribution is 0.613. The van der Waals surface area contributed by atoms with Crippen molar-refractivity contribution in [2.45, 2.75) is 13.0 Å². The maximum Gasteiger partial charge on any atom is 0.126 e. The number of nitrogens with two attached hydrogens (primary N) is 1. The van der Waals surface area contributed by atoms with E-state index >= 15 is 0 Å². The first-order chi connectivity index (χ1) is 6.15. The largest absolute Gasteiger partial charge is 0.323 e. The topological polar surface area (TPSA) is 26.0 Å². The van der Waals surface area contributed by atoms with Crippen molar-refractivity contribution in [1.82, 2.24) is 0 Å². The Morgan fingerprint density at radius 3 is 2.77 bits per heavy atom. The van der Waals surface area contributed by atoms with Gasteiger partial charge in [-0.15, -0.1) is 0 Å². The molecule has 13 heavy (non-hydrogen) atoms. The van der Waals surface area contributed by atoms with Gasteiger partial charge in [-0.05, 0) is 30.4 Å². The zero-order valence-electron chi connectivity index (χ0n) is 7.88. The quantitative estimate of drug-likeness (QED) is 0.809. The molecule has 0 aliphatic carbocycles. The second-order valence-corrected chi connectivity index (χ2v) is 3.98. The summed E-state index contributed by atoms with van der Waals surface area (Å²) in [6.07, 6.45) is 1.99. The van der Waals surface area contributed by atoms with Gasteiger partial charge in [0.1, 0.15) is 5.82 Å². The summed E-state index contributed by atoms with van der Waals surface area (Å²) in [7, 11) is 0. The smallest absolute Gasteiger partial charge is 0.126 e. The van der Waals surface area contributed by atoms with E-state index in [-0.39, 0.29) is 11.9 Å². The van der Waals surface area contributed by atoms with Gasteiger partial charge in [0, 0.05) is 11.8 Å². The highest BCUT2D eigenvalue weighted by atomic mass is 32.2. The van der Waals surface area contributed by atoms with Crippen LogP contribution >= 0.6 is 11.8 Å². The number of rotatable bonds is 3. The molecular formula is C10H14FNS. The van der Waals surface area contributed by atoms with Crippen LogP contribution in [-0.4, -0.2) is 12.0 Å². The van der Waals surface area contributed by atoms with Crippen LogP contribution in [0.25, 0.3) is 0 Å². The number of benzene rings is 1. The highest BCUT2D eigenvalue weighted by molar-refractivity contribution is 7.98. The van der Waals surface area contributed by atoms with Crippen molar-refractivity contribution >= 4 is 11.8 Å². The molecule has 0 aliphatic heterocycles. The fraction of sp³-hybridized carbons (Fsp3) is 0.400. The number of halogens is 1. The Morgan fingerprint density at radius 1 is 1.54 bits per heavy atom. The number of thioether (sulfide) groups is 1. The van der Waals surface area contributed by atoms with Crippen LogP contribution in [0.2, 0.25) is 0 Å². The molecule has 0 bridgehead atoms. The van der Waals surface area contributed by atoms with Crippen LogP contribution < -0.4 is 5.73 Å². The zero-order chi connectivity index (χ0) is 9.84. The summed E-state index contributed by atoms with van der Waals surface area (Å²) in [5.74, 6) is 0.650.